The SMILES string of the molecule is B/N=C(N)/C(N)=C(N)\C(N)=C(/C)N. The van der Waals surface area contributed by atoms with Crippen LogP contribution in [0.25, 0.3) is 0 Å². The molecule has 6 nitrogen and oxygen atoms in total. The van der Waals surface area contributed by atoms with Crippen molar-refractivity contribution in [3.8, 4) is 0 Å². The van der Waals surface area contributed by atoms with Gasteiger partial charge in [0.25, 0.3) is 0 Å². The fraction of sp³-hybridized carbons (Fsp3) is 0.167. The predicted molar refractivity (Wildman–Crippen MR) is 56.6 cm³/mol. The highest BCUT2D eigenvalue weighted by Crippen LogP contribution is 2.02. The van der Waals surface area contributed by atoms with Crippen LogP contribution < -0.4 is 28.7 Å². The highest BCUT2D eigenvalue weighted by atomic mass is 14.9. The van der Waals surface area contributed by atoms with Crippen molar-refractivity contribution in [2.24, 2.45) is 33.6 Å². The molecule has 0 rings (SSSR count). The van der Waals surface area contributed by atoms with Crippen LogP contribution in [0.1, 0.15) is 6.92 Å². The first-order chi connectivity index (χ1) is 5.91. The monoisotopic (exact) mass is 182 g/mol. The number of amidine groups is 1. The summed E-state index contributed by atoms with van der Waals surface area (Å²) in [5.41, 5.74) is 28.4. The number of hydrogen-bond acceptors (Lipinski definition) is 5. The third-order valence-electron chi connectivity index (χ3n) is 1.52. The van der Waals surface area contributed by atoms with Gasteiger partial charge in [0.1, 0.15) is 5.84 Å². The second kappa shape index (κ2) is 4.29. The number of allylic oxidation sites excluding steroid dienone is 1. The highest BCUT2D eigenvalue weighted by Gasteiger charge is 2.06. The fourth-order valence-electron chi connectivity index (χ4n) is 0.616. The first-order valence-electron chi connectivity index (χ1n) is 3.61. The molecule has 0 amide bonds. The van der Waals surface area contributed by atoms with Crippen molar-refractivity contribution in [1.29, 1.82) is 0 Å². The Bertz CT molecular complexity index is 285. The van der Waals surface area contributed by atoms with Crippen molar-refractivity contribution in [3.63, 3.8) is 0 Å². The summed E-state index contributed by atoms with van der Waals surface area (Å²) in [6.07, 6.45) is 0. The maximum Gasteiger partial charge on any atom is 0.247 e. The summed E-state index contributed by atoms with van der Waals surface area (Å²) < 4.78 is 0. The third kappa shape index (κ3) is 2.62. The lowest BCUT2D eigenvalue weighted by molar-refractivity contribution is 1.11. The van der Waals surface area contributed by atoms with E-state index in [2.05, 4.69) is 4.90 Å². The molecule has 10 N–H and O–H groups in total. The summed E-state index contributed by atoms with van der Waals surface area (Å²) in [5, 5.41) is 0. The number of nitrogens with zero attached hydrogens (tertiary/aromatic N) is 1. The fourth-order valence-corrected chi connectivity index (χ4v) is 0.616. The zero-order valence-corrected chi connectivity index (χ0v) is 7.83. The molecule has 0 aliphatic heterocycles. The maximum atomic E-state index is 5.57. The van der Waals surface area contributed by atoms with E-state index in [1.54, 1.807) is 6.92 Å². The molecular weight excluding hydrogens is 167 g/mol. The molecule has 0 heterocycles. The van der Waals surface area contributed by atoms with Crippen molar-refractivity contribution in [3.05, 3.63) is 22.8 Å². The second-order valence-electron chi connectivity index (χ2n) is 2.53. The first kappa shape index (κ1) is 11.2. The molecule has 0 spiro atoms. The largest absolute Gasteiger partial charge is 0.401 e. The molecule has 72 valence electrons. The van der Waals surface area contributed by atoms with E-state index in [1.807, 2.05) is 0 Å². The molecule has 0 aromatic heterocycles. The van der Waals surface area contributed by atoms with E-state index in [-0.39, 0.29) is 22.9 Å². The van der Waals surface area contributed by atoms with Gasteiger partial charge in [0.15, 0.2) is 0 Å². The molecule has 0 fully saturated rings. The van der Waals surface area contributed by atoms with Crippen LogP contribution in [0, 0.1) is 0 Å². The van der Waals surface area contributed by atoms with Gasteiger partial charge in [0, 0.05) is 5.70 Å². The maximum absolute atomic E-state index is 5.57. The molecule has 0 radical (unpaired) electrons. The number of hydrogen-bond donors (Lipinski definition) is 5. The van der Waals surface area contributed by atoms with Gasteiger partial charge in [-0.1, -0.05) is 0 Å². The van der Waals surface area contributed by atoms with Crippen LogP contribution in [0.3, 0.4) is 0 Å². The smallest absolute Gasteiger partial charge is 0.247 e. The average Bonchev–Trinajstić information content (AvgIpc) is 2.12. The van der Waals surface area contributed by atoms with Crippen LogP contribution in [-0.2, 0) is 0 Å². The standard InChI is InChI=1S/C6H15BN6/c1-2(8)3(9)4(10)5(11)6(12)13-7/h7-11H2,1H3,(H2,12,13)/b3-2-,5-4-. The highest BCUT2D eigenvalue weighted by molar-refractivity contribution is 6.15. The van der Waals surface area contributed by atoms with Crippen LogP contribution >= 0.6 is 0 Å². The molecule has 0 atom stereocenters. The van der Waals surface area contributed by atoms with Crippen LogP contribution in [0.4, 0.5) is 0 Å². The molecule has 0 aliphatic carbocycles. The van der Waals surface area contributed by atoms with Gasteiger partial charge in [0.05, 0.1) is 17.1 Å². The van der Waals surface area contributed by atoms with Gasteiger partial charge in [-0.15, -0.1) is 0 Å². The Morgan fingerprint density at radius 3 is 1.69 bits per heavy atom. The molecule has 0 bridgehead atoms. The van der Waals surface area contributed by atoms with E-state index in [4.69, 9.17) is 28.7 Å². The Kier molecular flexibility index (Phi) is 3.70. The van der Waals surface area contributed by atoms with Gasteiger partial charge in [0.2, 0.25) is 7.98 Å². The minimum Gasteiger partial charge on any atom is -0.401 e. The first-order valence-corrected chi connectivity index (χ1v) is 3.61. The Morgan fingerprint density at radius 1 is 0.923 bits per heavy atom. The van der Waals surface area contributed by atoms with Crippen molar-refractivity contribution >= 4 is 13.8 Å². The Balaban J connectivity index is 5.17. The van der Waals surface area contributed by atoms with Gasteiger partial charge < -0.3 is 33.6 Å². The van der Waals surface area contributed by atoms with Crippen molar-refractivity contribution in [2.45, 2.75) is 6.92 Å². The summed E-state index contributed by atoms with van der Waals surface area (Å²) in [6, 6.07) is 0. The molecular formula is C6H15BN6. The van der Waals surface area contributed by atoms with Crippen LogP contribution in [0.2, 0.25) is 0 Å². The van der Waals surface area contributed by atoms with E-state index in [0.29, 0.717) is 5.70 Å². The van der Waals surface area contributed by atoms with Crippen LogP contribution in [0.15, 0.2) is 27.7 Å². The topological polar surface area (TPSA) is 142 Å². The van der Waals surface area contributed by atoms with E-state index in [9.17, 15) is 0 Å². The van der Waals surface area contributed by atoms with Crippen LogP contribution in [-0.4, -0.2) is 13.8 Å². The second-order valence-corrected chi connectivity index (χ2v) is 2.53. The summed E-state index contributed by atoms with van der Waals surface area (Å²) in [5.74, 6) is 0.140. The van der Waals surface area contributed by atoms with Gasteiger partial charge in [-0.05, 0) is 6.92 Å². The zero-order chi connectivity index (χ0) is 10.6. The zero-order valence-electron chi connectivity index (χ0n) is 7.83. The normalized spacial score (nSPS) is 16.2. The van der Waals surface area contributed by atoms with Gasteiger partial charge in [-0.3, -0.25) is 0 Å². The Labute approximate surface area is 78.0 Å². The number of nitrogens with two attached hydrogens (primary N) is 5. The quantitative estimate of drug-likeness (QED) is 0.135. The molecule has 0 aromatic carbocycles. The van der Waals surface area contributed by atoms with Gasteiger partial charge in [-0.25, -0.2) is 0 Å². The Hall–Kier alpha value is -1.79. The van der Waals surface area contributed by atoms with Gasteiger partial charge >= 0.3 is 0 Å². The molecule has 7 heteroatoms. The summed E-state index contributed by atoms with van der Waals surface area (Å²) >= 11 is 0. The molecule has 0 saturated heterocycles. The van der Waals surface area contributed by atoms with Crippen molar-refractivity contribution in [2.75, 3.05) is 0 Å². The summed E-state index contributed by atoms with van der Waals surface area (Å²) in [7, 11) is 1.50. The molecule has 13 heavy (non-hydrogen) atoms. The minimum absolute atomic E-state index is 0.140. The Morgan fingerprint density at radius 2 is 1.38 bits per heavy atom. The predicted octanol–water partition coefficient (Wildman–Crippen LogP) is -2.83. The summed E-state index contributed by atoms with van der Waals surface area (Å²) in [4.78, 5) is 3.66. The van der Waals surface area contributed by atoms with Crippen molar-refractivity contribution < 1.29 is 0 Å². The minimum atomic E-state index is 0.140. The molecule has 0 unspecified atom stereocenters. The number of rotatable bonds is 2. The van der Waals surface area contributed by atoms with E-state index in [1.165, 1.54) is 7.98 Å². The molecule has 0 aromatic rings. The summed E-state index contributed by atoms with van der Waals surface area (Å²) in [6.45, 7) is 1.62. The molecule has 0 aliphatic rings. The van der Waals surface area contributed by atoms with E-state index >= 15 is 0 Å². The average molecular weight is 182 g/mol. The van der Waals surface area contributed by atoms with E-state index < -0.39 is 0 Å². The van der Waals surface area contributed by atoms with E-state index in [0.717, 1.165) is 0 Å². The lowest BCUT2D eigenvalue weighted by atomic mass is 10.2. The lowest BCUT2D eigenvalue weighted by Crippen LogP contribution is -2.28. The molecule has 0 saturated carbocycles. The lowest BCUT2D eigenvalue weighted by Gasteiger charge is -2.08. The third-order valence-corrected chi connectivity index (χ3v) is 1.52. The van der Waals surface area contributed by atoms with Gasteiger partial charge in [-0.2, -0.15) is 0 Å². The van der Waals surface area contributed by atoms with Crippen molar-refractivity contribution in [1.82, 2.24) is 0 Å². The van der Waals surface area contributed by atoms with Crippen LogP contribution in [0.5, 0.6) is 0 Å².